The van der Waals surface area contributed by atoms with E-state index in [0.29, 0.717) is 17.4 Å². The van der Waals surface area contributed by atoms with Crippen LogP contribution in [0, 0.1) is 0 Å². The third-order valence-electron chi connectivity index (χ3n) is 2.90. The number of para-hydroxylation sites is 2. The number of nitrogens with one attached hydrogen (secondary N) is 2. The van der Waals surface area contributed by atoms with Gasteiger partial charge in [0.1, 0.15) is 0 Å². The molecule has 0 aliphatic heterocycles. The minimum absolute atomic E-state index is 0.162. The minimum Gasteiger partial charge on any atom is -0.397 e. The first-order valence-corrected chi connectivity index (χ1v) is 5.68. The molecule has 0 heterocycles. The molecule has 1 aliphatic rings. The molecule has 1 aliphatic carbocycles. The van der Waals surface area contributed by atoms with E-state index in [2.05, 4.69) is 10.6 Å². The number of urea groups is 1. The zero-order valence-corrected chi connectivity index (χ0v) is 9.20. The van der Waals surface area contributed by atoms with Crippen molar-refractivity contribution in [3.05, 3.63) is 24.3 Å². The van der Waals surface area contributed by atoms with Crippen LogP contribution in [-0.4, -0.2) is 12.1 Å². The molecule has 0 bridgehead atoms. The summed E-state index contributed by atoms with van der Waals surface area (Å²) in [5.41, 5.74) is 6.99. The molecule has 16 heavy (non-hydrogen) atoms. The maximum Gasteiger partial charge on any atom is 0.319 e. The maximum atomic E-state index is 11.6. The van der Waals surface area contributed by atoms with Crippen LogP contribution >= 0.6 is 0 Å². The molecule has 0 atom stereocenters. The highest BCUT2D eigenvalue weighted by Crippen LogP contribution is 2.19. The molecule has 0 unspecified atom stereocenters. The Balaban J connectivity index is 1.89. The van der Waals surface area contributed by atoms with Crippen LogP contribution in [0.1, 0.15) is 25.7 Å². The molecule has 2 amide bonds. The Labute approximate surface area is 95.2 Å². The van der Waals surface area contributed by atoms with Gasteiger partial charge < -0.3 is 16.4 Å². The highest BCUT2D eigenvalue weighted by molar-refractivity contribution is 5.92. The van der Waals surface area contributed by atoms with Gasteiger partial charge in [-0.3, -0.25) is 0 Å². The highest BCUT2D eigenvalue weighted by atomic mass is 16.2. The molecule has 0 saturated heterocycles. The van der Waals surface area contributed by atoms with Crippen molar-refractivity contribution >= 4 is 17.4 Å². The van der Waals surface area contributed by atoms with E-state index in [1.165, 1.54) is 12.8 Å². The number of hydrogen-bond donors (Lipinski definition) is 3. The van der Waals surface area contributed by atoms with Gasteiger partial charge in [-0.2, -0.15) is 0 Å². The van der Waals surface area contributed by atoms with Crippen molar-refractivity contribution < 1.29 is 4.79 Å². The lowest BCUT2D eigenvalue weighted by atomic mass is 10.2. The van der Waals surface area contributed by atoms with Crippen molar-refractivity contribution in [3.8, 4) is 0 Å². The molecule has 0 aromatic heterocycles. The number of benzene rings is 1. The van der Waals surface area contributed by atoms with Crippen LogP contribution in [0.15, 0.2) is 24.3 Å². The molecule has 1 aromatic rings. The summed E-state index contributed by atoms with van der Waals surface area (Å²) in [6.45, 7) is 0. The largest absolute Gasteiger partial charge is 0.397 e. The summed E-state index contributed by atoms with van der Waals surface area (Å²) in [6.07, 6.45) is 4.58. The van der Waals surface area contributed by atoms with E-state index >= 15 is 0 Å². The number of hydrogen-bond acceptors (Lipinski definition) is 2. The molecule has 4 N–H and O–H groups in total. The summed E-state index contributed by atoms with van der Waals surface area (Å²) >= 11 is 0. The van der Waals surface area contributed by atoms with Gasteiger partial charge in [-0.15, -0.1) is 0 Å². The third kappa shape index (κ3) is 2.66. The quantitative estimate of drug-likeness (QED) is 0.668. The predicted octanol–water partition coefficient (Wildman–Crippen LogP) is 2.33. The molecule has 1 aromatic carbocycles. The number of carbonyl (C=O) groups excluding carboxylic acids is 1. The average molecular weight is 219 g/mol. The molecular formula is C12H17N3O. The van der Waals surface area contributed by atoms with Gasteiger partial charge in [0.2, 0.25) is 0 Å². The normalized spacial score (nSPS) is 16.0. The lowest BCUT2D eigenvalue weighted by Crippen LogP contribution is -2.36. The molecule has 0 radical (unpaired) electrons. The van der Waals surface area contributed by atoms with Crippen molar-refractivity contribution in [2.45, 2.75) is 31.7 Å². The van der Waals surface area contributed by atoms with Crippen molar-refractivity contribution in [2.75, 3.05) is 11.1 Å². The highest BCUT2D eigenvalue weighted by Gasteiger charge is 2.17. The Morgan fingerprint density at radius 1 is 1.25 bits per heavy atom. The van der Waals surface area contributed by atoms with Crippen molar-refractivity contribution in [2.24, 2.45) is 0 Å². The van der Waals surface area contributed by atoms with Crippen LogP contribution in [0.5, 0.6) is 0 Å². The average Bonchev–Trinajstić information content (AvgIpc) is 2.74. The zero-order chi connectivity index (χ0) is 11.4. The van der Waals surface area contributed by atoms with Crippen LogP contribution in [0.4, 0.5) is 16.2 Å². The van der Waals surface area contributed by atoms with Crippen LogP contribution in [0.3, 0.4) is 0 Å². The summed E-state index contributed by atoms with van der Waals surface area (Å²) < 4.78 is 0. The SMILES string of the molecule is Nc1ccccc1NC(=O)NC1CCCC1. The zero-order valence-electron chi connectivity index (χ0n) is 9.20. The summed E-state index contributed by atoms with van der Waals surface area (Å²) in [4.78, 5) is 11.6. The Morgan fingerprint density at radius 3 is 2.62 bits per heavy atom. The van der Waals surface area contributed by atoms with Gasteiger partial charge in [-0.05, 0) is 25.0 Å². The number of carbonyl (C=O) groups is 1. The van der Waals surface area contributed by atoms with Crippen LogP contribution < -0.4 is 16.4 Å². The molecule has 4 heteroatoms. The standard InChI is InChI=1S/C12H17N3O/c13-10-7-3-4-8-11(10)15-12(16)14-9-5-1-2-6-9/h3-4,7-9H,1-2,5-6,13H2,(H2,14,15,16). The summed E-state index contributed by atoms with van der Waals surface area (Å²) in [7, 11) is 0. The molecule has 2 rings (SSSR count). The lowest BCUT2D eigenvalue weighted by Gasteiger charge is -2.13. The number of amides is 2. The second kappa shape index (κ2) is 4.88. The second-order valence-corrected chi connectivity index (χ2v) is 4.17. The van der Waals surface area contributed by atoms with Crippen molar-refractivity contribution in [1.82, 2.24) is 5.32 Å². The molecule has 4 nitrogen and oxygen atoms in total. The van der Waals surface area contributed by atoms with Gasteiger partial charge in [-0.1, -0.05) is 25.0 Å². The second-order valence-electron chi connectivity index (χ2n) is 4.17. The number of rotatable bonds is 2. The summed E-state index contributed by atoms with van der Waals surface area (Å²) in [6, 6.07) is 7.42. The first kappa shape index (κ1) is 10.8. The van der Waals surface area contributed by atoms with Crippen molar-refractivity contribution in [1.29, 1.82) is 0 Å². The molecular weight excluding hydrogens is 202 g/mol. The number of anilines is 2. The predicted molar refractivity (Wildman–Crippen MR) is 65.3 cm³/mol. The molecule has 86 valence electrons. The Bertz CT molecular complexity index is 372. The number of nitrogen functional groups attached to an aromatic ring is 1. The van der Waals surface area contributed by atoms with Crippen LogP contribution in [0.25, 0.3) is 0 Å². The fraction of sp³-hybridized carbons (Fsp3) is 0.417. The summed E-state index contributed by atoms with van der Waals surface area (Å²) in [5, 5.41) is 5.71. The van der Waals surface area contributed by atoms with E-state index in [0.717, 1.165) is 12.8 Å². The van der Waals surface area contributed by atoms with Crippen LogP contribution in [-0.2, 0) is 0 Å². The van der Waals surface area contributed by atoms with E-state index < -0.39 is 0 Å². The lowest BCUT2D eigenvalue weighted by molar-refractivity contribution is 0.248. The first-order valence-electron chi connectivity index (χ1n) is 5.68. The van der Waals surface area contributed by atoms with Gasteiger partial charge in [-0.25, -0.2) is 4.79 Å². The molecule has 1 fully saturated rings. The first-order chi connectivity index (χ1) is 7.75. The van der Waals surface area contributed by atoms with Crippen molar-refractivity contribution in [3.63, 3.8) is 0 Å². The van der Waals surface area contributed by atoms with E-state index in [1.807, 2.05) is 12.1 Å². The molecule has 1 saturated carbocycles. The van der Waals surface area contributed by atoms with Gasteiger partial charge in [0.05, 0.1) is 11.4 Å². The van der Waals surface area contributed by atoms with Gasteiger partial charge in [0, 0.05) is 6.04 Å². The van der Waals surface area contributed by atoms with E-state index in [4.69, 9.17) is 5.73 Å². The smallest absolute Gasteiger partial charge is 0.319 e. The van der Waals surface area contributed by atoms with E-state index in [1.54, 1.807) is 12.1 Å². The summed E-state index contributed by atoms with van der Waals surface area (Å²) in [5.74, 6) is 0. The van der Waals surface area contributed by atoms with Crippen LogP contribution in [0.2, 0.25) is 0 Å². The Hall–Kier alpha value is -1.71. The monoisotopic (exact) mass is 219 g/mol. The Kier molecular flexibility index (Phi) is 3.29. The maximum absolute atomic E-state index is 11.6. The fourth-order valence-electron chi connectivity index (χ4n) is 2.02. The molecule has 0 spiro atoms. The van der Waals surface area contributed by atoms with E-state index in [9.17, 15) is 4.79 Å². The minimum atomic E-state index is -0.162. The van der Waals surface area contributed by atoms with Gasteiger partial charge in [0.25, 0.3) is 0 Å². The topological polar surface area (TPSA) is 67.1 Å². The fourth-order valence-corrected chi connectivity index (χ4v) is 2.02. The van der Waals surface area contributed by atoms with E-state index in [-0.39, 0.29) is 6.03 Å². The Morgan fingerprint density at radius 2 is 1.94 bits per heavy atom. The number of nitrogens with two attached hydrogens (primary N) is 1. The van der Waals surface area contributed by atoms with Gasteiger partial charge in [0.15, 0.2) is 0 Å². The van der Waals surface area contributed by atoms with Gasteiger partial charge >= 0.3 is 6.03 Å². The third-order valence-corrected chi connectivity index (χ3v) is 2.90.